The molecule has 21 heavy (non-hydrogen) atoms. The Morgan fingerprint density at radius 1 is 1.33 bits per heavy atom. The summed E-state index contributed by atoms with van der Waals surface area (Å²) in [6.07, 6.45) is -0.359. The third kappa shape index (κ3) is 3.06. The Bertz CT molecular complexity index is 633. The Kier molecular flexibility index (Phi) is 4.30. The largest absolute Gasteiger partial charge is 0.461 e. The van der Waals surface area contributed by atoms with E-state index in [9.17, 15) is 14.2 Å². The summed E-state index contributed by atoms with van der Waals surface area (Å²) in [7, 11) is 0. The predicted molar refractivity (Wildman–Crippen MR) is 77.4 cm³/mol. The van der Waals surface area contributed by atoms with Crippen molar-refractivity contribution in [1.82, 2.24) is 4.67 Å². The number of hydrogen-bond donors (Lipinski definition) is 0. The first-order valence-corrected chi connectivity index (χ1v) is 8.85. The summed E-state index contributed by atoms with van der Waals surface area (Å²) >= 11 is 5.87. The van der Waals surface area contributed by atoms with E-state index in [1.54, 1.807) is 26.0 Å². The number of carbonyl (C=O) groups is 2. The molecule has 2 atom stereocenters. The van der Waals surface area contributed by atoms with Gasteiger partial charge >= 0.3 is 12.8 Å². The summed E-state index contributed by atoms with van der Waals surface area (Å²) < 4.78 is 23.4. The Hall–Kier alpha value is -1.52. The van der Waals surface area contributed by atoms with Crippen molar-refractivity contribution in [3.05, 3.63) is 29.8 Å². The molecule has 1 unspecified atom stereocenters. The van der Waals surface area contributed by atoms with Gasteiger partial charge in [0.05, 0.1) is 11.7 Å². The molecule has 1 aromatic carbocycles. The van der Waals surface area contributed by atoms with Gasteiger partial charge in [0.25, 0.3) is 5.91 Å². The Labute approximate surface area is 127 Å². The van der Waals surface area contributed by atoms with Gasteiger partial charge in [0, 0.05) is 11.2 Å². The average Bonchev–Trinajstić information content (AvgIpc) is 2.36. The molecular formula is C13H15ClNO5P. The van der Waals surface area contributed by atoms with Crippen LogP contribution in [0.3, 0.4) is 0 Å². The number of rotatable bonds is 3. The third-order valence-electron chi connectivity index (χ3n) is 2.85. The number of ether oxygens (including phenoxy) is 1. The van der Waals surface area contributed by atoms with E-state index in [4.69, 9.17) is 20.5 Å². The molecule has 0 aromatic heterocycles. The van der Waals surface area contributed by atoms with E-state index in [1.165, 1.54) is 19.1 Å². The maximum absolute atomic E-state index is 12.4. The standard InChI is InChI=1S/C13H15ClNO5P/c1-8(2)19-13(17)9(3)15-12(16)10-6-4-5-7-11(10)20-21(15,14)18/h4-9H,1-3H3/t9-,21?/m0/s1. The van der Waals surface area contributed by atoms with E-state index in [2.05, 4.69) is 0 Å². The Morgan fingerprint density at radius 2 is 1.95 bits per heavy atom. The molecule has 114 valence electrons. The summed E-state index contributed by atoms with van der Waals surface area (Å²) in [5.41, 5.74) is 0.203. The van der Waals surface area contributed by atoms with E-state index in [-0.39, 0.29) is 17.4 Å². The van der Waals surface area contributed by atoms with Crippen LogP contribution < -0.4 is 4.52 Å². The molecule has 0 spiro atoms. The molecule has 1 aliphatic rings. The Balaban J connectivity index is 2.37. The van der Waals surface area contributed by atoms with Crippen LogP contribution in [0, 0.1) is 0 Å². The predicted octanol–water partition coefficient (Wildman–Crippen LogP) is 3.21. The minimum atomic E-state index is -3.98. The molecule has 1 aromatic rings. The molecular weight excluding hydrogens is 317 g/mol. The fourth-order valence-corrected chi connectivity index (χ4v) is 4.08. The van der Waals surface area contributed by atoms with E-state index < -0.39 is 24.8 Å². The van der Waals surface area contributed by atoms with Crippen molar-refractivity contribution in [1.29, 1.82) is 0 Å². The molecule has 0 bridgehead atoms. The molecule has 0 N–H and O–H groups in total. The van der Waals surface area contributed by atoms with E-state index in [0.29, 0.717) is 0 Å². The van der Waals surface area contributed by atoms with Gasteiger partial charge in [-0.15, -0.1) is 0 Å². The number of halogens is 1. The van der Waals surface area contributed by atoms with E-state index in [1.807, 2.05) is 0 Å². The molecule has 0 saturated heterocycles. The number of fused-ring (bicyclic) bond motifs is 1. The minimum Gasteiger partial charge on any atom is -0.461 e. The van der Waals surface area contributed by atoms with E-state index in [0.717, 1.165) is 4.67 Å². The quantitative estimate of drug-likeness (QED) is 0.628. The van der Waals surface area contributed by atoms with Gasteiger partial charge in [0.2, 0.25) is 0 Å². The number of nitrogens with zero attached hydrogens (tertiary/aromatic N) is 1. The van der Waals surface area contributed by atoms with Gasteiger partial charge in [0.1, 0.15) is 11.8 Å². The number of amides is 1. The van der Waals surface area contributed by atoms with E-state index >= 15 is 0 Å². The molecule has 8 heteroatoms. The maximum atomic E-state index is 12.4. The van der Waals surface area contributed by atoms with Crippen molar-refractivity contribution in [2.45, 2.75) is 32.9 Å². The lowest BCUT2D eigenvalue weighted by molar-refractivity contribution is -0.151. The first kappa shape index (κ1) is 15.9. The van der Waals surface area contributed by atoms with Crippen LogP contribution >= 0.6 is 18.1 Å². The van der Waals surface area contributed by atoms with Crippen molar-refractivity contribution in [3.63, 3.8) is 0 Å². The second-order valence-corrected chi connectivity index (χ2v) is 7.65. The fraction of sp³-hybridized carbons (Fsp3) is 0.385. The summed E-state index contributed by atoms with van der Waals surface area (Å²) in [4.78, 5) is 24.4. The van der Waals surface area contributed by atoms with Crippen LogP contribution in [0.25, 0.3) is 0 Å². The molecule has 0 radical (unpaired) electrons. The lowest BCUT2D eigenvalue weighted by Crippen LogP contribution is -2.44. The van der Waals surface area contributed by atoms with Crippen molar-refractivity contribution in [2.24, 2.45) is 0 Å². The van der Waals surface area contributed by atoms with Crippen molar-refractivity contribution in [2.75, 3.05) is 0 Å². The smallest absolute Gasteiger partial charge is 0.441 e. The second kappa shape index (κ2) is 5.70. The second-order valence-electron chi connectivity index (χ2n) is 4.85. The van der Waals surface area contributed by atoms with Crippen LogP contribution in [0.4, 0.5) is 0 Å². The lowest BCUT2D eigenvalue weighted by atomic mass is 10.1. The topological polar surface area (TPSA) is 72.9 Å². The summed E-state index contributed by atoms with van der Waals surface area (Å²) in [5.74, 6) is -1.17. The fourth-order valence-electron chi connectivity index (χ4n) is 1.93. The van der Waals surface area contributed by atoms with Crippen LogP contribution in [-0.2, 0) is 14.1 Å². The zero-order valence-corrected chi connectivity index (χ0v) is 13.4. The number of para-hydroxylation sites is 1. The normalized spacial score (nSPS) is 22.5. The molecule has 0 aliphatic carbocycles. The van der Waals surface area contributed by atoms with Gasteiger partial charge in [-0.05, 0) is 32.9 Å². The van der Waals surface area contributed by atoms with Crippen molar-refractivity contribution < 1.29 is 23.4 Å². The zero-order chi connectivity index (χ0) is 15.8. The molecule has 1 heterocycles. The number of benzene rings is 1. The van der Waals surface area contributed by atoms with Gasteiger partial charge < -0.3 is 9.26 Å². The lowest BCUT2D eigenvalue weighted by Gasteiger charge is -2.35. The first-order valence-electron chi connectivity index (χ1n) is 6.37. The van der Waals surface area contributed by atoms with Crippen LogP contribution in [0.5, 0.6) is 5.75 Å². The molecule has 1 amide bonds. The molecule has 0 saturated carbocycles. The molecule has 0 fully saturated rings. The van der Waals surface area contributed by atoms with Gasteiger partial charge in [-0.1, -0.05) is 12.1 Å². The van der Waals surface area contributed by atoms with Gasteiger partial charge in [0.15, 0.2) is 0 Å². The van der Waals surface area contributed by atoms with Crippen molar-refractivity contribution in [3.8, 4) is 5.75 Å². The maximum Gasteiger partial charge on any atom is 0.441 e. The monoisotopic (exact) mass is 331 g/mol. The van der Waals surface area contributed by atoms with Gasteiger partial charge in [-0.2, -0.15) is 0 Å². The van der Waals surface area contributed by atoms with Crippen LogP contribution in [0.1, 0.15) is 31.1 Å². The molecule has 1 aliphatic heterocycles. The summed E-state index contributed by atoms with van der Waals surface area (Å²) in [6.45, 7) is 0.765. The highest BCUT2D eigenvalue weighted by molar-refractivity contribution is 7.84. The summed E-state index contributed by atoms with van der Waals surface area (Å²) in [6, 6.07) is 5.17. The number of carbonyl (C=O) groups excluding carboxylic acids is 2. The zero-order valence-electron chi connectivity index (χ0n) is 11.8. The molecule has 2 rings (SSSR count). The van der Waals surface area contributed by atoms with Crippen LogP contribution in [-0.4, -0.2) is 28.7 Å². The summed E-state index contributed by atoms with van der Waals surface area (Å²) in [5, 5.41) is 0. The number of esters is 1. The van der Waals surface area contributed by atoms with Gasteiger partial charge in [-0.3, -0.25) is 4.79 Å². The van der Waals surface area contributed by atoms with Crippen molar-refractivity contribution >= 4 is 30.0 Å². The third-order valence-corrected chi connectivity index (χ3v) is 5.01. The SMILES string of the molecule is CC(C)OC(=O)[C@H](C)N1C(=O)c2ccccc2OP1(=O)Cl. The van der Waals surface area contributed by atoms with Gasteiger partial charge in [-0.25, -0.2) is 14.0 Å². The number of hydrogen-bond acceptors (Lipinski definition) is 5. The highest BCUT2D eigenvalue weighted by Crippen LogP contribution is 2.60. The highest BCUT2D eigenvalue weighted by Gasteiger charge is 2.47. The first-order chi connectivity index (χ1) is 9.74. The average molecular weight is 332 g/mol. The minimum absolute atomic E-state index is 0.140. The van der Waals surface area contributed by atoms with Crippen LogP contribution in [0.2, 0.25) is 0 Å². The van der Waals surface area contributed by atoms with Crippen LogP contribution in [0.15, 0.2) is 24.3 Å². The Morgan fingerprint density at radius 3 is 2.57 bits per heavy atom. The highest BCUT2D eigenvalue weighted by atomic mass is 35.7. The molecule has 6 nitrogen and oxygen atoms in total.